The fraction of sp³-hybridized carbons (Fsp3) is 0.462. The van der Waals surface area contributed by atoms with Crippen molar-refractivity contribution in [3.63, 3.8) is 0 Å². The van der Waals surface area contributed by atoms with Gasteiger partial charge in [-0.05, 0) is 22.4 Å². The quantitative estimate of drug-likeness (QED) is 0.851. The topological polar surface area (TPSA) is 72.9 Å². The van der Waals surface area contributed by atoms with E-state index in [1.54, 1.807) is 0 Å². The van der Waals surface area contributed by atoms with E-state index in [9.17, 15) is 0 Å². The van der Waals surface area contributed by atoms with Crippen LogP contribution in [0, 0.1) is 0 Å². The van der Waals surface area contributed by atoms with Crippen LogP contribution in [-0.2, 0) is 13.1 Å². The van der Waals surface area contributed by atoms with Gasteiger partial charge in [-0.25, -0.2) is 4.68 Å². The van der Waals surface area contributed by atoms with Crippen molar-refractivity contribution >= 4 is 0 Å². The van der Waals surface area contributed by atoms with E-state index >= 15 is 0 Å². The van der Waals surface area contributed by atoms with Gasteiger partial charge in [0.2, 0.25) is 0 Å². The maximum Gasteiger partial charge on any atom is 0.165 e. The molecule has 1 atom stereocenters. The highest BCUT2D eigenvalue weighted by Crippen LogP contribution is 2.11. The van der Waals surface area contributed by atoms with Crippen LogP contribution < -0.4 is 5.73 Å². The van der Waals surface area contributed by atoms with Crippen LogP contribution in [0.15, 0.2) is 30.3 Å². The van der Waals surface area contributed by atoms with Crippen molar-refractivity contribution in [3.8, 4) is 0 Å². The number of hydrogen-bond acceptors (Lipinski definition) is 5. The minimum Gasteiger partial charge on any atom is -0.326 e. The van der Waals surface area contributed by atoms with Gasteiger partial charge in [-0.2, -0.15) is 0 Å². The monoisotopic (exact) mass is 258 g/mol. The summed E-state index contributed by atoms with van der Waals surface area (Å²) in [5.41, 5.74) is 7.12. The molecule has 0 aliphatic carbocycles. The number of tetrazole rings is 1. The molecule has 0 bridgehead atoms. The zero-order valence-electron chi connectivity index (χ0n) is 10.8. The number of rotatable bonds is 4. The number of nitrogens with zero attached hydrogens (tertiary/aromatic N) is 5. The molecule has 3 rings (SSSR count). The van der Waals surface area contributed by atoms with Gasteiger partial charge in [-0.1, -0.05) is 30.3 Å². The molecule has 2 heterocycles. The average Bonchev–Trinajstić information content (AvgIpc) is 3.01. The Morgan fingerprint density at radius 1 is 1.21 bits per heavy atom. The molecule has 2 aromatic rings. The van der Waals surface area contributed by atoms with E-state index in [1.165, 1.54) is 5.56 Å². The fourth-order valence-electron chi connectivity index (χ4n) is 2.42. The summed E-state index contributed by atoms with van der Waals surface area (Å²) in [7, 11) is 0. The molecule has 1 aromatic carbocycles. The molecule has 6 nitrogen and oxygen atoms in total. The summed E-state index contributed by atoms with van der Waals surface area (Å²) in [5, 5.41) is 12.0. The predicted octanol–water partition coefficient (Wildman–Crippen LogP) is 0.254. The maximum atomic E-state index is 5.92. The van der Waals surface area contributed by atoms with Crippen LogP contribution in [-0.4, -0.2) is 44.2 Å². The van der Waals surface area contributed by atoms with Gasteiger partial charge in [-0.3, -0.25) is 4.90 Å². The molecule has 0 unspecified atom stereocenters. The molecule has 1 aromatic heterocycles. The van der Waals surface area contributed by atoms with E-state index in [0.717, 1.165) is 31.9 Å². The first kappa shape index (κ1) is 12.3. The van der Waals surface area contributed by atoms with Crippen LogP contribution in [0.25, 0.3) is 0 Å². The number of hydrogen-bond donors (Lipinski definition) is 1. The highest BCUT2D eigenvalue weighted by atomic mass is 15.5. The second kappa shape index (κ2) is 5.46. The Morgan fingerprint density at radius 3 is 2.79 bits per heavy atom. The summed E-state index contributed by atoms with van der Waals surface area (Å²) in [5.74, 6) is 0.901. The van der Waals surface area contributed by atoms with Crippen LogP contribution >= 0.6 is 0 Å². The minimum absolute atomic E-state index is 0.290. The zero-order chi connectivity index (χ0) is 13.1. The van der Waals surface area contributed by atoms with Crippen molar-refractivity contribution in [2.24, 2.45) is 5.73 Å². The molecule has 1 saturated heterocycles. The molecule has 19 heavy (non-hydrogen) atoms. The Kier molecular flexibility index (Phi) is 3.52. The smallest absolute Gasteiger partial charge is 0.165 e. The summed E-state index contributed by atoms with van der Waals surface area (Å²) < 4.78 is 1.86. The Labute approximate surface area is 112 Å². The maximum absolute atomic E-state index is 5.92. The van der Waals surface area contributed by atoms with Crippen molar-refractivity contribution in [3.05, 3.63) is 41.7 Å². The third kappa shape index (κ3) is 2.97. The Morgan fingerprint density at radius 2 is 2.05 bits per heavy atom. The molecule has 0 spiro atoms. The molecule has 100 valence electrons. The molecule has 0 amide bonds. The van der Waals surface area contributed by atoms with E-state index in [2.05, 4.69) is 32.6 Å². The molecular formula is C13H18N6. The van der Waals surface area contributed by atoms with Gasteiger partial charge in [0.25, 0.3) is 0 Å². The molecular weight excluding hydrogens is 240 g/mol. The second-order valence-electron chi connectivity index (χ2n) is 5.02. The van der Waals surface area contributed by atoms with Crippen LogP contribution in [0.1, 0.15) is 17.8 Å². The van der Waals surface area contributed by atoms with Gasteiger partial charge in [0.05, 0.1) is 13.1 Å². The van der Waals surface area contributed by atoms with Crippen molar-refractivity contribution < 1.29 is 0 Å². The van der Waals surface area contributed by atoms with E-state index in [0.29, 0.717) is 12.6 Å². The van der Waals surface area contributed by atoms with E-state index in [4.69, 9.17) is 5.73 Å². The lowest BCUT2D eigenvalue weighted by Gasteiger charge is -2.14. The SMILES string of the molecule is N[C@@H]1CCN(Cc2nnnn2Cc2ccccc2)C1. The van der Waals surface area contributed by atoms with Crippen LogP contribution in [0.3, 0.4) is 0 Å². The van der Waals surface area contributed by atoms with Crippen molar-refractivity contribution in [2.45, 2.75) is 25.6 Å². The van der Waals surface area contributed by atoms with Crippen LogP contribution in [0.2, 0.25) is 0 Å². The molecule has 0 radical (unpaired) electrons. The molecule has 2 N–H and O–H groups in total. The molecule has 6 heteroatoms. The van der Waals surface area contributed by atoms with Gasteiger partial charge in [0, 0.05) is 19.1 Å². The van der Waals surface area contributed by atoms with Crippen LogP contribution in [0.5, 0.6) is 0 Å². The zero-order valence-corrected chi connectivity index (χ0v) is 10.8. The number of benzene rings is 1. The summed E-state index contributed by atoms with van der Waals surface area (Å²) in [6.07, 6.45) is 1.06. The largest absolute Gasteiger partial charge is 0.326 e. The molecule has 0 saturated carbocycles. The third-order valence-electron chi connectivity index (χ3n) is 3.46. The molecule has 1 aliphatic rings. The van der Waals surface area contributed by atoms with Crippen molar-refractivity contribution in [2.75, 3.05) is 13.1 Å². The summed E-state index contributed by atoms with van der Waals surface area (Å²) in [4.78, 5) is 2.30. The minimum atomic E-state index is 0.290. The van der Waals surface area contributed by atoms with Gasteiger partial charge in [0.15, 0.2) is 5.82 Å². The van der Waals surface area contributed by atoms with Gasteiger partial charge in [0.1, 0.15) is 0 Å². The van der Waals surface area contributed by atoms with Crippen LogP contribution in [0.4, 0.5) is 0 Å². The van der Waals surface area contributed by atoms with Crippen molar-refractivity contribution in [1.82, 2.24) is 25.1 Å². The Balaban J connectivity index is 1.68. The first-order valence-electron chi connectivity index (χ1n) is 6.58. The lowest BCUT2D eigenvalue weighted by atomic mass is 10.2. The highest BCUT2D eigenvalue weighted by molar-refractivity contribution is 5.14. The normalized spacial score (nSPS) is 19.9. The second-order valence-corrected chi connectivity index (χ2v) is 5.02. The molecule has 1 aliphatic heterocycles. The number of nitrogens with two attached hydrogens (primary N) is 1. The summed E-state index contributed by atoms with van der Waals surface area (Å²) in [6.45, 7) is 3.44. The Bertz CT molecular complexity index is 523. The van der Waals surface area contributed by atoms with E-state index < -0.39 is 0 Å². The van der Waals surface area contributed by atoms with Gasteiger partial charge in [-0.15, -0.1) is 5.10 Å². The lowest BCUT2D eigenvalue weighted by Crippen LogP contribution is -2.27. The number of likely N-dealkylation sites (tertiary alicyclic amines) is 1. The predicted molar refractivity (Wildman–Crippen MR) is 71.2 cm³/mol. The third-order valence-corrected chi connectivity index (χ3v) is 3.46. The standard InChI is InChI=1S/C13H18N6/c14-12-6-7-18(9-12)10-13-15-16-17-19(13)8-11-4-2-1-3-5-11/h1-5,12H,6-10,14H2/t12-/m1/s1. The summed E-state index contributed by atoms with van der Waals surface area (Å²) in [6, 6.07) is 10.5. The first-order valence-corrected chi connectivity index (χ1v) is 6.58. The van der Waals surface area contributed by atoms with Gasteiger partial charge < -0.3 is 5.73 Å². The fourth-order valence-corrected chi connectivity index (χ4v) is 2.42. The Hall–Kier alpha value is -1.79. The van der Waals surface area contributed by atoms with Gasteiger partial charge >= 0.3 is 0 Å². The summed E-state index contributed by atoms with van der Waals surface area (Å²) >= 11 is 0. The van der Waals surface area contributed by atoms with Crippen molar-refractivity contribution in [1.29, 1.82) is 0 Å². The first-order chi connectivity index (χ1) is 9.31. The highest BCUT2D eigenvalue weighted by Gasteiger charge is 2.21. The van der Waals surface area contributed by atoms with E-state index in [1.807, 2.05) is 22.9 Å². The average molecular weight is 258 g/mol. The lowest BCUT2D eigenvalue weighted by molar-refractivity contribution is 0.311. The molecule has 1 fully saturated rings. The number of aromatic nitrogens is 4. The van der Waals surface area contributed by atoms with E-state index in [-0.39, 0.29) is 0 Å².